The van der Waals surface area contributed by atoms with E-state index in [1.807, 2.05) is 38.1 Å². The van der Waals surface area contributed by atoms with Crippen LogP contribution in [0.4, 0.5) is 0 Å². The third kappa shape index (κ3) is 3.81. The molecule has 0 saturated heterocycles. The van der Waals surface area contributed by atoms with E-state index in [-0.39, 0.29) is 12.1 Å². The molecule has 19 heavy (non-hydrogen) atoms. The number of nitrogens with two attached hydrogens (primary N) is 1. The van der Waals surface area contributed by atoms with Crippen LogP contribution in [0.25, 0.3) is 0 Å². The highest BCUT2D eigenvalue weighted by molar-refractivity contribution is 9.12. The van der Waals surface area contributed by atoms with E-state index < -0.39 is 0 Å². The molecule has 2 nitrogen and oxygen atoms in total. The molecule has 0 aliphatic rings. The summed E-state index contributed by atoms with van der Waals surface area (Å²) in [7, 11) is 0. The quantitative estimate of drug-likeness (QED) is 0.768. The second-order valence-electron chi connectivity index (χ2n) is 4.50. The van der Waals surface area contributed by atoms with Gasteiger partial charge in [0.1, 0.15) is 5.75 Å². The fourth-order valence-electron chi connectivity index (χ4n) is 1.80. The monoisotopic (exact) mass is 403 g/mol. The van der Waals surface area contributed by atoms with Gasteiger partial charge in [0.05, 0.1) is 19.7 Å². The first-order valence-electron chi connectivity index (χ1n) is 5.94. The van der Waals surface area contributed by atoms with Gasteiger partial charge >= 0.3 is 0 Å². The molecule has 0 saturated carbocycles. The summed E-state index contributed by atoms with van der Waals surface area (Å²) in [6, 6.07) is 9.85. The molecule has 0 aliphatic carbocycles. The van der Waals surface area contributed by atoms with Crippen molar-refractivity contribution in [3.63, 3.8) is 0 Å². The molecule has 1 aromatic heterocycles. The lowest BCUT2D eigenvalue weighted by molar-refractivity contribution is 0.242. The Bertz CT molecular complexity index is 568. The highest BCUT2D eigenvalue weighted by Crippen LogP contribution is 2.37. The van der Waals surface area contributed by atoms with Gasteiger partial charge in [0, 0.05) is 0 Å². The van der Waals surface area contributed by atoms with Crippen molar-refractivity contribution in [1.82, 2.24) is 0 Å². The zero-order valence-corrected chi connectivity index (χ0v) is 14.7. The molecule has 0 bridgehead atoms. The molecule has 2 aromatic rings. The summed E-state index contributed by atoms with van der Waals surface area (Å²) in [4.78, 5) is 0. The Morgan fingerprint density at radius 3 is 2.53 bits per heavy atom. The molecular weight excluding hydrogens is 390 g/mol. The molecule has 0 aliphatic heterocycles. The van der Waals surface area contributed by atoms with Gasteiger partial charge in [0.15, 0.2) is 0 Å². The summed E-state index contributed by atoms with van der Waals surface area (Å²) in [5, 5.41) is 0. The fourth-order valence-corrected chi connectivity index (χ4v) is 4.73. The van der Waals surface area contributed by atoms with Gasteiger partial charge in [-0.2, -0.15) is 0 Å². The maximum Gasteiger partial charge on any atom is 0.120 e. The standard InChI is InChI=1S/C14H15Br2NOS/c1-8(2)18-10-5-3-4-9(6-10)13(17)11-7-12(15)19-14(11)16/h3-8,13H,17H2,1-2H3. The van der Waals surface area contributed by atoms with E-state index in [0.29, 0.717) is 0 Å². The fraction of sp³-hybridized carbons (Fsp3) is 0.286. The van der Waals surface area contributed by atoms with E-state index in [2.05, 4.69) is 37.9 Å². The van der Waals surface area contributed by atoms with Crippen molar-refractivity contribution in [3.8, 4) is 5.75 Å². The first kappa shape index (κ1) is 15.0. The normalized spacial score (nSPS) is 12.7. The molecule has 0 radical (unpaired) electrons. The molecule has 1 aromatic carbocycles. The highest BCUT2D eigenvalue weighted by Gasteiger charge is 2.15. The lowest BCUT2D eigenvalue weighted by atomic mass is 10.0. The molecule has 1 atom stereocenters. The summed E-state index contributed by atoms with van der Waals surface area (Å²) in [6.07, 6.45) is 0.161. The van der Waals surface area contributed by atoms with Crippen molar-refractivity contribution in [2.24, 2.45) is 5.73 Å². The number of hydrogen-bond donors (Lipinski definition) is 1. The first-order chi connectivity index (χ1) is 8.97. The highest BCUT2D eigenvalue weighted by atomic mass is 79.9. The molecule has 5 heteroatoms. The van der Waals surface area contributed by atoms with Crippen LogP contribution in [-0.2, 0) is 0 Å². The van der Waals surface area contributed by atoms with Crippen LogP contribution in [0.3, 0.4) is 0 Å². The van der Waals surface area contributed by atoms with Gasteiger partial charge in [-0.3, -0.25) is 0 Å². The number of thiophene rings is 1. The number of hydrogen-bond acceptors (Lipinski definition) is 3. The molecule has 1 heterocycles. The molecular formula is C14H15Br2NOS. The summed E-state index contributed by atoms with van der Waals surface area (Å²) in [5.74, 6) is 0.855. The molecule has 0 spiro atoms. The predicted molar refractivity (Wildman–Crippen MR) is 88.0 cm³/mol. The average Bonchev–Trinajstić information content (AvgIpc) is 2.67. The molecule has 1 unspecified atom stereocenters. The minimum Gasteiger partial charge on any atom is -0.491 e. The summed E-state index contributed by atoms with van der Waals surface area (Å²) in [6.45, 7) is 4.03. The Labute approximate surface area is 134 Å². The van der Waals surface area contributed by atoms with Crippen LogP contribution in [0.2, 0.25) is 0 Å². The zero-order valence-electron chi connectivity index (χ0n) is 10.7. The largest absolute Gasteiger partial charge is 0.491 e. The second kappa shape index (κ2) is 6.39. The van der Waals surface area contributed by atoms with Crippen LogP contribution in [0.1, 0.15) is 31.0 Å². The van der Waals surface area contributed by atoms with Crippen LogP contribution in [0.15, 0.2) is 37.9 Å². The SMILES string of the molecule is CC(C)Oc1cccc(C(N)c2cc(Br)sc2Br)c1. The van der Waals surface area contributed by atoms with E-state index in [1.165, 1.54) is 0 Å². The Balaban J connectivity index is 2.28. The number of benzene rings is 1. The van der Waals surface area contributed by atoms with E-state index in [9.17, 15) is 0 Å². The van der Waals surface area contributed by atoms with Crippen molar-refractivity contribution >= 4 is 43.2 Å². The van der Waals surface area contributed by atoms with Gasteiger partial charge < -0.3 is 10.5 Å². The van der Waals surface area contributed by atoms with Crippen LogP contribution in [0.5, 0.6) is 5.75 Å². The Morgan fingerprint density at radius 2 is 1.95 bits per heavy atom. The Hall–Kier alpha value is -0.360. The maximum absolute atomic E-state index is 6.33. The van der Waals surface area contributed by atoms with Crippen LogP contribution in [0, 0.1) is 0 Å². The number of rotatable bonds is 4. The third-order valence-corrected chi connectivity index (χ3v) is 4.99. The summed E-state index contributed by atoms with van der Waals surface area (Å²) < 4.78 is 7.83. The van der Waals surface area contributed by atoms with Gasteiger partial charge in [-0.25, -0.2) is 0 Å². The van der Waals surface area contributed by atoms with Crippen LogP contribution in [-0.4, -0.2) is 6.10 Å². The lowest BCUT2D eigenvalue weighted by Crippen LogP contribution is -2.12. The predicted octanol–water partition coefficient (Wildman–Crippen LogP) is 5.11. The van der Waals surface area contributed by atoms with Crippen molar-refractivity contribution < 1.29 is 4.74 Å². The van der Waals surface area contributed by atoms with Gasteiger partial charge in [0.25, 0.3) is 0 Å². The zero-order chi connectivity index (χ0) is 14.0. The van der Waals surface area contributed by atoms with Crippen LogP contribution < -0.4 is 10.5 Å². The van der Waals surface area contributed by atoms with Crippen molar-refractivity contribution in [3.05, 3.63) is 49.0 Å². The minimum atomic E-state index is -0.160. The van der Waals surface area contributed by atoms with Gasteiger partial charge in [-0.15, -0.1) is 11.3 Å². The Morgan fingerprint density at radius 1 is 1.21 bits per heavy atom. The number of halogens is 2. The van der Waals surface area contributed by atoms with Gasteiger partial charge in [0.2, 0.25) is 0 Å². The van der Waals surface area contributed by atoms with Gasteiger partial charge in [-0.05, 0) is 75.0 Å². The van der Waals surface area contributed by atoms with Gasteiger partial charge in [-0.1, -0.05) is 12.1 Å². The summed E-state index contributed by atoms with van der Waals surface area (Å²) in [5.41, 5.74) is 8.46. The molecule has 0 amide bonds. The van der Waals surface area contributed by atoms with Crippen molar-refractivity contribution in [1.29, 1.82) is 0 Å². The van der Waals surface area contributed by atoms with E-state index in [1.54, 1.807) is 11.3 Å². The second-order valence-corrected chi connectivity index (χ2v) is 8.25. The smallest absolute Gasteiger partial charge is 0.120 e. The van der Waals surface area contributed by atoms with E-state index >= 15 is 0 Å². The average molecular weight is 405 g/mol. The molecule has 0 fully saturated rings. The Kier molecular flexibility index (Phi) is 5.06. The summed E-state index contributed by atoms with van der Waals surface area (Å²) >= 11 is 8.66. The maximum atomic E-state index is 6.33. The first-order valence-corrected chi connectivity index (χ1v) is 8.34. The van der Waals surface area contributed by atoms with E-state index in [4.69, 9.17) is 10.5 Å². The molecule has 102 valence electrons. The molecule has 2 rings (SSSR count). The third-order valence-electron chi connectivity index (χ3n) is 2.61. The van der Waals surface area contributed by atoms with Crippen molar-refractivity contribution in [2.75, 3.05) is 0 Å². The lowest BCUT2D eigenvalue weighted by Gasteiger charge is -2.15. The van der Waals surface area contributed by atoms with Crippen molar-refractivity contribution in [2.45, 2.75) is 26.0 Å². The minimum absolute atomic E-state index is 0.160. The van der Waals surface area contributed by atoms with Crippen LogP contribution >= 0.6 is 43.2 Å². The molecule has 2 N–H and O–H groups in total. The van der Waals surface area contributed by atoms with E-state index in [0.717, 1.165) is 24.4 Å². The topological polar surface area (TPSA) is 35.2 Å². The number of ether oxygens (including phenoxy) is 1.